The number of thioether (sulfide) groups is 1. The van der Waals surface area contributed by atoms with Gasteiger partial charge in [-0.3, -0.25) is 4.79 Å². The molecule has 0 unspecified atom stereocenters. The van der Waals surface area contributed by atoms with Crippen molar-refractivity contribution in [2.75, 3.05) is 17.9 Å². The summed E-state index contributed by atoms with van der Waals surface area (Å²) in [5, 5.41) is 12.8. The molecule has 82 valence electrons. The third kappa shape index (κ3) is 2.38. The maximum Gasteiger partial charge on any atom is 0.235 e. The van der Waals surface area contributed by atoms with Gasteiger partial charge in [-0.25, -0.2) is 0 Å². The highest BCUT2D eigenvalue weighted by molar-refractivity contribution is 8.04. The number of anilines is 1. The molecule has 16 heavy (non-hydrogen) atoms. The summed E-state index contributed by atoms with van der Waals surface area (Å²) in [7, 11) is 0. The Hall–Kier alpha value is -1.87. The van der Waals surface area contributed by atoms with Crippen molar-refractivity contribution in [1.82, 2.24) is 0 Å². The first-order valence-electron chi connectivity index (χ1n) is 4.50. The largest absolute Gasteiger partial charge is 0.454 e. The maximum absolute atomic E-state index is 11.3. The number of thiocyanates is 1. The van der Waals surface area contributed by atoms with Crippen LogP contribution in [0.25, 0.3) is 0 Å². The van der Waals surface area contributed by atoms with Gasteiger partial charge >= 0.3 is 0 Å². The molecule has 1 heterocycles. The monoisotopic (exact) mass is 236 g/mol. The van der Waals surface area contributed by atoms with Gasteiger partial charge in [-0.05, 0) is 23.9 Å². The predicted octanol–water partition coefficient (Wildman–Crippen LogP) is 1.57. The third-order valence-corrected chi connectivity index (χ3v) is 2.46. The second kappa shape index (κ2) is 4.77. The Labute approximate surface area is 96.3 Å². The molecule has 1 aliphatic heterocycles. The van der Waals surface area contributed by atoms with E-state index in [1.54, 1.807) is 18.2 Å². The van der Waals surface area contributed by atoms with E-state index in [-0.39, 0.29) is 18.5 Å². The first-order chi connectivity index (χ1) is 7.79. The molecule has 0 aliphatic carbocycles. The van der Waals surface area contributed by atoms with E-state index in [0.29, 0.717) is 17.2 Å². The van der Waals surface area contributed by atoms with Crippen LogP contribution in [-0.2, 0) is 4.79 Å². The van der Waals surface area contributed by atoms with E-state index in [9.17, 15) is 4.79 Å². The summed E-state index contributed by atoms with van der Waals surface area (Å²) >= 11 is 0.898. The first-order valence-corrected chi connectivity index (χ1v) is 5.48. The molecule has 2 rings (SSSR count). The number of nitriles is 1. The highest BCUT2D eigenvalue weighted by Crippen LogP contribution is 2.34. The van der Waals surface area contributed by atoms with Crippen LogP contribution in [0.5, 0.6) is 11.5 Å². The lowest BCUT2D eigenvalue weighted by molar-refractivity contribution is -0.113. The van der Waals surface area contributed by atoms with Crippen LogP contribution in [0, 0.1) is 10.7 Å². The molecule has 0 spiro atoms. The molecule has 0 bridgehead atoms. The van der Waals surface area contributed by atoms with Crippen molar-refractivity contribution < 1.29 is 14.3 Å². The fourth-order valence-electron chi connectivity index (χ4n) is 1.27. The normalized spacial score (nSPS) is 11.9. The standard InChI is InChI=1S/C10H8N2O3S/c11-5-16-4-10(13)12-7-1-2-8-9(3-7)15-6-14-8/h1-3H,4,6H2,(H,12,13). The van der Waals surface area contributed by atoms with E-state index in [2.05, 4.69) is 5.32 Å². The number of hydrogen-bond donors (Lipinski definition) is 1. The number of carbonyl (C=O) groups is 1. The van der Waals surface area contributed by atoms with Gasteiger partial charge in [-0.2, -0.15) is 5.26 Å². The van der Waals surface area contributed by atoms with Crippen LogP contribution in [0.2, 0.25) is 0 Å². The zero-order valence-corrected chi connectivity index (χ0v) is 9.04. The van der Waals surface area contributed by atoms with Gasteiger partial charge in [0.1, 0.15) is 5.40 Å². The van der Waals surface area contributed by atoms with Gasteiger partial charge in [0.05, 0.1) is 5.75 Å². The summed E-state index contributed by atoms with van der Waals surface area (Å²) in [5.41, 5.74) is 0.632. The van der Waals surface area contributed by atoms with Crippen LogP contribution in [0.4, 0.5) is 5.69 Å². The van der Waals surface area contributed by atoms with Crippen molar-refractivity contribution in [3.63, 3.8) is 0 Å². The molecule has 0 saturated heterocycles. The quantitative estimate of drug-likeness (QED) is 0.806. The van der Waals surface area contributed by atoms with Crippen molar-refractivity contribution >= 4 is 23.4 Å². The second-order valence-electron chi connectivity index (χ2n) is 3.00. The Bertz CT molecular complexity index is 456. The number of benzene rings is 1. The summed E-state index contributed by atoms with van der Waals surface area (Å²) < 4.78 is 10.3. The lowest BCUT2D eigenvalue weighted by Crippen LogP contribution is -2.13. The SMILES string of the molecule is N#CSCC(=O)Nc1ccc2c(c1)OCO2. The molecule has 1 N–H and O–H groups in total. The molecule has 0 atom stereocenters. The van der Waals surface area contributed by atoms with E-state index >= 15 is 0 Å². The molecule has 0 radical (unpaired) electrons. The van der Waals surface area contributed by atoms with Gasteiger partial charge in [-0.1, -0.05) is 0 Å². The summed E-state index contributed by atoms with van der Waals surface area (Å²) in [5.74, 6) is 1.19. The van der Waals surface area contributed by atoms with Crippen molar-refractivity contribution in [2.24, 2.45) is 0 Å². The predicted molar refractivity (Wildman–Crippen MR) is 59.3 cm³/mol. The van der Waals surface area contributed by atoms with Crippen LogP contribution in [0.15, 0.2) is 18.2 Å². The fraction of sp³-hybridized carbons (Fsp3) is 0.200. The highest BCUT2D eigenvalue weighted by atomic mass is 32.2. The Balaban J connectivity index is 2.00. The van der Waals surface area contributed by atoms with E-state index < -0.39 is 0 Å². The Morgan fingerprint density at radius 3 is 3.12 bits per heavy atom. The average Bonchev–Trinajstić information content (AvgIpc) is 2.73. The number of fused-ring (bicyclic) bond motifs is 1. The molecule has 0 saturated carbocycles. The smallest absolute Gasteiger partial charge is 0.235 e. The van der Waals surface area contributed by atoms with Crippen LogP contribution in [0.3, 0.4) is 0 Å². The van der Waals surface area contributed by atoms with E-state index in [4.69, 9.17) is 14.7 Å². The molecule has 1 amide bonds. The minimum absolute atomic E-state index is 0.116. The molecular formula is C10H8N2O3S. The van der Waals surface area contributed by atoms with Crippen molar-refractivity contribution in [3.8, 4) is 16.9 Å². The van der Waals surface area contributed by atoms with Crippen LogP contribution in [-0.4, -0.2) is 18.5 Å². The van der Waals surface area contributed by atoms with Crippen molar-refractivity contribution in [2.45, 2.75) is 0 Å². The van der Waals surface area contributed by atoms with E-state index in [0.717, 1.165) is 11.8 Å². The summed E-state index contributed by atoms with van der Waals surface area (Å²) in [6.45, 7) is 0.205. The number of nitrogens with one attached hydrogen (secondary N) is 1. The molecule has 1 aliphatic rings. The second-order valence-corrected chi connectivity index (χ2v) is 3.76. The number of nitrogens with zero attached hydrogens (tertiary/aromatic N) is 1. The van der Waals surface area contributed by atoms with E-state index in [1.165, 1.54) is 0 Å². The molecule has 0 fully saturated rings. The Kier molecular flexibility index (Phi) is 3.17. The number of carbonyl (C=O) groups excluding carboxylic acids is 1. The summed E-state index contributed by atoms with van der Waals surface area (Å²) in [4.78, 5) is 11.3. The molecular weight excluding hydrogens is 228 g/mol. The minimum atomic E-state index is -0.217. The van der Waals surface area contributed by atoms with E-state index in [1.807, 2.05) is 5.40 Å². The van der Waals surface area contributed by atoms with Gasteiger partial charge < -0.3 is 14.8 Å². The summed E-state index contributed by atoms with van der Waals surface area (Å²) in [6, 6.07) is 5.15. The molecule has 1 aromatic rings. The van der Waals surface area contributed by atoms with Crippen LogP contribution in [0.1, 0.15) is 0 Å². The fourth-order valence-corrected chi connectivity index (χ4v) is 1.54. The van der Waals surface area contributed by atoms with Gasteiger partial charge in [0.2, 0.25) is 12.7 Å². The highest BCUT2D eigenvalue weighted by Gasteiger charge is 2.13. The summed E-state index contributed by atoms with van der Waals surface area (Å²) in [6.07, 6.45) is 0. The van der Waals surface area contributed by atoms with Gasteiger partial charge in [0.25, 0.3) is 0 Å². The van der Waals surface area contributed by atoms with Crippen LogP contribution >= 0.6 is 11.8 Å². The Morgan fingerprint density at radius 1 is 1.50 bits per heavy atom. The first kappa shape index (κ1) is 10.6. The molecule has 0 aromatic heterocycles. The maximum atomic E-state index is 11.3. The number of rotatable bonds is 3. The third-order valence-electron chi connectivity index (χ3n) is 1.92. The topological polar surface area (TPSA) is 71.4 Å². The average molecular weight is 236 g/mol. The van der Waals surface area contributed by atoms with Gasteiger partial charge in [0, 0.05) is 11.8 Å². The molecule has 5 nitrogen and oxygen atoms in total. The van der Waals surface area contributed by atoms with Crippen molar-refractivity contribution in [3.05, 3.63) is 18.2 Å². The zero-order chi connectivity index (χ0) is 11.4. The zero-order valence-electron chi connectivity index (χ0n) is 8.23. The van der Waals surface area contributed by atoms with Crippen LogP contribution < -0.4 is 14.8 Å². The van der Waals surface area contributed by atoms with Gasteiger partial charge in [0.15, 0.2) is 11.5 Å². The lowest BCUT2D eigenvalue weighted by Gasteiger charge is -2.04. The van der Waals surface area contributed by atoms with Crippen molar-refractivity contribution in [1.29, 1.82) is 5.26 Å². The minimum Gasteiger partial charge on any atom is -0.454 e. The number of ether oxygens (including phenoxy) is 2. The molecule has 1 aromatic carbocycles. The number of hydrogen-bond acceptors (Lipinski definition) is 5. The number of amides is 1. The Morgan fingerprint density at radius 2 is 2.31 bits per heavy atom. The lowest BCUT2D eigenvalue weighted by atomic mass is 10.3. The van der Waals surface area contributed by atoms with Gasteiger partial charge in [-0.15, -0.1) is 0 Å². The molecule has 6 heteroatoms.